The van der Waals surface area contributed by atoms with Gasteiger partial charge in [0.1, 0.15) is 21.8 Å². The maximum absolute atomic E-state index is 13.5. The number of anilines is 1. The van der Waals surface area contributed by atoms with E-state index >= 15 is 0 Å². The van der Waals surface area contributed by atoms with Gasteiger partial charge in [-0.1, -0.05) is 59.8 Å². The number of nitriles is 1. The summed E-state index contributed by atoms with van der Waals surface area (Å²) in [7, 11) is 0. The summed E-state index contributed by atoms with van der Waals surface area (Å²) in [5.41, 5.74) is 2.38. The van der Waals surface area contributed by atoms with Crippen molar-refractivity contribution in [3.05, 3.63) is 90.6 Å². The molecule has 3 aromatic rings. The maximum Gasteiger partial charge on any atom is 0.270 e. The minimum absolute atomic E-state index is 0.0298. The van der Waals surface area contributed by atoms with Crippen molar-refractivity contribution in [2.24, 2.45) is 0 Å². The minimum atomic E-state index is -0.397. The molecule has 1 N–H and O–H groups in total. The van der Waals surface area contributed by atoms with Gasteiger partial charge in [0.05, 0.1) is 11.4 Å². The van der Waals surface area contributed by atoms with Crippen molar-refractivity contribution < 1.29 is 14.3 Å². The second-order valence-corrected chi connectivity index (χ2v) is 10.9. The van der Waals surface area contributed by atoms with Crippen molar-refractivity contribution >= 4 is 57.7 Å². The van der Waals surface area contributed by atoms with Crippen LogP contribution in [0, 0.1) is 18.3 Å². The van der Waals surface area contributed by atoms with Crippen molar-refractivity contribution in [1.82, 2.24) is 9.47 Å². The van der Waals surface area contributed by atoms with E-state index in [0.29, 0.717) is 55.8 Å². The molecule has 2 aromatic carbocycles. The van der Waals surface area contributed by atoms with Gasteiger partial charge in [-0.05, 0) is 54.8 Å². The highest BCUT2D eigenvalue weighted by molar-refractivity contribution is 8.26. The molecule has 39 heavy (non-hydrogen) atoms. The molecule has 0 spiro atoms. The van der Waals surface area contributed by atoms with Gasteiger partial charge in [0.15, 0.2) is 11.5 Å². The first kappa shape index (κ1) is 26.8. The molecule has 8 nitrogen and oxygen atoms in total. The number of pyridine rings is 1. The summed E-state index contributed by atoms with van der Waals surface area (Å²) in [6.45, 7) is 4.64. The number of nitrogens with one attached hydrogen (secondary N) is 1. The molecular weight excluding hydrogens is 556 g/mol. The first-order valence-corrected chi connectivity index (χ1v) is 13.7. The first-order valence-electron chi connectivity index (χ1n) is 12.1. The molecule has 1 aromatic heterocycles. The Bertz CT molecular complexity index is 1640. The number of fused-ring (bicyclic) bond motifs is 1. The van der Waals surface area contributed by atoms with Crippen molar-refractivity contribution in [1.29, 1.82) is 5.26 Å². The van der Waals surface area contributed by atoms with Gasteiger partial charge in [-0.15, -0.1) is 0 Å². The predicted octanol–water partition coefficient (Wildman–Crippen LogP) is 5.44. The Morgan fingerprint density at radius 1 is 1.21 bits per heavy atom. The highest BCUT2D eigenvalue weighted by Crippen LogP contribution is 2.38. The largest absolute Gasteiger partial charge is 0.454 e. The number of nitrogens with zero attached hydrogens (tertiary/aromatic N) is 3. The van der Waals surface area contributed by atoms with Crippen LogP contribution >= 0.6 is 35.6 Å². The van der Waals surface area contributed by atoms with Crippen LogP contribution in [0.5, 0.6) is 11.5 Å². The van der Waals surface area contributed by atoms with E-state index in [1.54, 1.807) is 19.1 Å². The zero-order chi connectivity index (χ0) is 27.7. The van der Waals surface area contributed by atoms with Gasteiger partial charge in [0.2, 0.25) is 6.79 Å². The number of thiocarbonyl (C=S) groups is 1. The monoisotopic (exact) mass is 578 g/mol. The Balaban J connectivity index is 1.51. The third kappa shape index (κ3) is 5.13. The molecule has 0 atom stereocenters. The van der Waals surface area contributed by atoms with Gasteiger partial charge < -0.3 is 14.8 Å². The molecular formula is C28H23ClN4O4S2. The smallest absolute Gasteiger partial charge is 0.270 e. The lowest BCUT2D eigenvalue weighted by Gasteiger charge is -2.20. The fraction of sp³-hybridized carbons (Fsp3) is 0.214. The Labute approximate surface area is 239 Å². The lowest BCUT2D eigenvalue weighted by molar-refractivity contribution is -0.122. The Hall–Kier alpha value is -3.78. The van der Waals surface area contributed by atoms with E-state index in [9.17, 15) is 14.9 Å². The SMILES string of the molecule is CCn1c(NCc2ccccc2Cl)c(/C=C2/SC(=S)N(Cc3ccc4c(c3)OCO4)C2=O)c(C)c(C#N)c1=O. The van der Waals surface area contributed by atoms with Gasteiger partial charge in [0.25, 0.3) is 11.5 Å². The number of hydrogen-bond donors (Lipinski definition) is 1. The van der Waals surface area contributed by atoms with Crippen molar-refractivity contribution in [2.45, 2.75) is 33.5 Å². The van der Waals surface area contributed by atoms with Gasteiger partial charge in [-0.3, -0.25) is 19.1 Å². The predicted molar refractivity (Wildman–Crippen MR) is 156 cm³/mol. The zero-order valence-electron chi connectivity index (χ0n) is 21.1. The number of ether oxygens (including phenoxy) is 2. The molecule has 2 aliphatic rings. The van der Waals surface area contributed by atoms with Crippen LogP contribution in [0.2, 0.25) is 5.02 Å². The van der Waals surface area contributed by atoms with Crippen LogP contribution in [-0.4, -0.2) is 26.5 Å². The molecule has 0 bridgehead atoms. The number of halogens is 1. The molecule has 0 radical (unpaired) electrons. The summed E-state index contributed by atoms with van der Waals surface area (Å²) in [5.74, 6) is 1.53. The molecule has 2 aliphatic heterocycles. The topological polar surface area (TPSA) is 96.6 Å². The molecule has 198 valence electrons. The van der Waals surface area contributed by atoms with E-state index in [4.69, 9.17) is 33.3 Å². The van der Waals surface area contributed by atoms with E-state index in [2.05, 4.69) is 5.32 Å². The number of carbonyl (C=O) groups is 1. The molecule has 11 heteroatoms. The molecule has 0 aliphatic carbocycles. The van der Waals surface area contributed by atoms with E-state index in [-0.39, 0.29) is 24.8 Å². The van der Waals surface area contributed by atoms with Crippen LogP contribution < -0.4 is 20.3 Å². The lowest BCUT2D eigenvalue weighted by atomic mass is 10.0. The van der Waals surface area contributed by atoms with Crippen molar-refractivity contribution in [2.75, 3.05) is 12.1 Å². The van der Waals surface area contributed by atoms with Crippen LogP contribution in [0.4, 0.5) is 5.82 Å². The minimum Gasteiger partial charge on any atom is -0.454 e. The standard InChI is InChI=1S/C28H23ClN4O4S2/c1-3-32-25(31-13-18-6-4-5-7-21(18)29)19(16(2)20(12-30)26(32)34)11-24-27(35)33(28(38)39-24)14-17-8-9-22-23(10-17)37-15-36-22/h4-11,31H,3,13-15H2,1-2H3/b24-11+. The average Bonchev–Trinajstić information content (AvgIpc) is 3.50. The van der Waals surface area contributed by atoms with Gasteiger partial charge in [-0.2, -0.15) is 5.26 Å². The fourth-order valence-electron chi connectivity index (χ4n) is 4.47. The molecule has 3 heterocycles. The fourth-order valence-corrected chi connectivity index (χ4v) is 5.90. The summed E-state index contributed by atoms with van der Waals surface area (Å²) < 4.78 is 12.7. The number of thioether (sulfide) groups is 1. The second-order valence-electron chi connectivity index (χ2n) is 8.82. The number of amides is 1. The van der Waals surface area contributed by atoms with E-state index in [0.717, 1.165) is 11.1 Å². The molecule has 1 amide bonds. The quantitative estimate of drug-likeness (QED) is 0.292. The third-order valence-electron chi connectivity index (χ3n) is 6.52. The van der Waals surface area contributed by atoms with Gasteiger partial charge in [-0.25, -0.2) is 0 Å². The van der Waals surface area contributed by atoms with Crippen LogP contribution in [0.3, 0.4) is 0 Å². The normalized spacial score (nSPS) is 15.2. The Kier molecular flexibility index (Phi) is 7.66. The zero-order valence-corrected chi connectivity index (χ0v) is 23.5. The van der Waals surface area contributed by atoms with E-state index in [1.165, 1.54) is 21.2 Å². The number of benzene rings is 2. The van der Waals surface area contributed by atoms with Crippen LogP contribution in [-0.2, 0) is 24.4 Å². The molecule has 0 unspecified atom stereocenters. The number of aromatic nitrogens is 1. The highest BCUT2D eigenvalue weighted by Gasteiger charge is 2.33. The third-order valence-corrected chi connectivity index (χ3v) is 8.27. The molecule has 0 saturated carbocycles. The summed E-state index contributed by atoms with van der Waals surface area (Å²) in [5, 5.41) is 13.7. The average molecular weight is 579 g/mol. The molecule has 5 rings (SSSR count). The maximum atomic E-state index is 13.5. The lowest BCUT2D eigenvalue weighted by Crippen LogP contribution is -2.28. The van der Waals surface area contributed by atoms with Gasteiger partial charge in [0, 0.05) is 23.7 Å². The highest BCUT2D eigenvalue weighted by atomic mass is 35.5. The van der Waals surface area contributed by atoms with Crippen molar-refractivity contribution in [3.8, 4) is 17.6 Å². The molecule has 1 fully saturated rings. The summed E-state index contributed by atoms with van der Waals surface area (Å²) >= 11 is 13.1. The Morgan fingerprint density at radius 3 is 2.72 bits per heavy atom. The van der Waals surface area contributed by atoms with E-state index in [1.807, 2.05) is 49.4 Å². The van der Waals surface area contributed by atoms with E-state index < -0.39 is 5.56 Å². The first-order chi connectivity index (χ1) is 18.8. The van der Waals surface area contributed by atoms with Crippen LogP contribution in [0.25, 0.3) is 6.08 Å². The summed E-state index contributed by atoms with van der Waals surface area (Å²) in [4.78, 5) is 28.6. The number of carbonyl (C=O) groups excluding carboxylic acids is 1. The van der Waals surface area contributed by atoms with Gasteiger partial charge >= 0.3 is 0 Å². The number of hydrogen-bond acceptors (Lipinski definition) is 8. The van der Waals surface area contributed by atoms with Crippen LogP contribution in [0.15, 0.2) is 52.2 Å². The Morgan fingerprint density at radius 2 is 1.97 bits per heavy atom. The summed E-state index contributed by atoms with van der Waals surface area (Å²) in [6.07, 6.45) is 1.70. The summed E-state index contributed by atoms with van der Waals surface area (Å²) in [6, 6.07) is 15.0. The molecule has 1 saturated heterocycles. The van der Waals surface area contributed by atoms with Crippen molar-refractivity contribution in [3.63, 3.8) is 0 Å². The van der Waals surface area contributed by atoms with Crippen LogP contribution in [0.1, 0.15) is 34.7 Å². The second kappa shape index (κ2) is 11.1. The number of rotatable bonds is 7.